The number of hydrogen-bond acceptors (Lipinski definition) is 5. The molecule has 1 amide bonds. The SMILES string of the molecule is Cc1ccc(S(=O)(=O)NCC2CCCN(C(=O)CCc3c(C)[nH]c(=O)c(C#N)c3C)C2)cc1. The highest BCUT2D eigenvalue weighted by atomic mass is 32.2. The second-order valence-corrected chi connectivity index (χ2v) is 10.4. The quantitative estimate of drug-likeness (QED) is 0.643. The lowest BCUT2D eigenvalue weighted by molar-refractivity contribution is -0.132. The normalized spacial score (nSPS) is 16.4. The summed E-state index contributed by atoms with van der Waals surface area (Å²) in [4.78, 5) is 29.5. The summed E-state index contributed by atoms with van der Waals surface area (Å²) in [6.45, 7) is 6.84. The summed E-state index contributed by atoms with van der Waals surface area (Å²) in [5.74, 6) is 0.0364. The van der Waals surface area contributed by atoms with E-state index in [1.165, 1.54) is 0 Å². The second-order valence-electron chi connectivity index (χ2n) is 8.68. The van der Waals surface area contributed by atoms with Gasteiger partial charge in [-0.1, -0.05) is 17.7 Å². The van der Waals surface area contributed by atoms with Crippen molar-refractivity contribution in [3.05, 3.63) is 62.6 Å². The van der Waals surface area contributed by atoms with Crippen LogP contribution >= 0.6 is 0 Å². The highest BCUT2D eigenvalue weighted by Gasteiger charge is 2.25. The number of nitrogens with one attached hydrogen (secondary N) is 2. The Morgan fingerprint density at radius 3 is 2.61 bits per heavy atom. The maximum Gasteiger partial charge on any atom is 0.266 e. The summed E-state index contributed by atoms with van der Waals surface area (Å²) in [5, 5.41) is 9.22. The second kappa shape index (κ2) is 10.3. The standard InChI is InChI=1S/C24H30N4O4S/c1-16-6-8-20(9-7-16)33(31,32)26-14-19-5-4-12-28(15-19)23(29)11-10-21-17(2)22(13-25)24(30)27-18(21)3/h6-9,19,26H,4-5,10-12,14-15H2,1-3H3,(H,27,30). The topological polar surface area (TPSA) is 123 Å². The number of piperidine rings is 1. The summed E-state index contributed by atoms with van der Waals surface area (Å²) < 4.78 is 27.8. The number of nitriles is 1. The zero-order chi connectivity index (χ0) is 24.2. The lowest BCUT2D eigenvalue weighted by atomic mass is 9.96. The number of rotatable bonds is 7. The fourth-order valence-corrected chi connectivity index (χ4v) is 5.41. The van der Waals surface area contributed by atoms with Crippen molar-refractivity contribution in [2.45, 2.75) is 51.3 Å². The Kier molecular flexibility index (Phi) is 7.72. The molecule has 9 heteroatoms. The van der Waals surface area contributed by atoms with Crippen LogP contribution in [0.25, 0.3) is 0 Å². The number of aromatic amines is 1. The summed E-state index contributed by atoms with van der Waals surface area (Å²) in [6.07, 6.45) is 2.37. The lowest BCUT2D eigenvalue weighted by Gasteiger charge is -2.33. The van der Waals surface area contributed by atoms with E-state index in [0.717, 1.165) is 24.0 Å². The number of pyridine rings is 1. The zero-order valence-electron chi connectivity index (χ0n) is 19.3. The van der Waals surface area contributed by atoms with Gasteiger partial charge in [-0.25, -0.2) is 13.1 Å². The van der Waals surface area contributed by atoms with Gasteiger partial charge in [-0.05, 0) is 69.2 Å². The Labute approximate surface area is 194 Å². The molecule has 0 radical (unpaired) electrons. The summed E-state index contributed by atoms with van der Waals surface area (Å²) in [5.41, 5.74) is 2.78. The van der Waals surface area contributed by atoms with Crippen LogP contribution in [0.1, 0.15) is 47.2 Å². The molecule has 33 heavy (non-hydrogen) atoms. The highest BCUT2D eigenvalue weighted by Crippen LogP contribution is 2.20. The number of sulfonamides is 1. The highest BCUT2D eigenvalue weighted by molar-refractivity contribution is 7.89. The van der Waals surface area contributed by atoms with Gasteiger partial charge in [0.1, 0.15) is 11.6 Å². The van der Waals surface area contributed by atoms with Crippen molar-refractivity contribution in [1.29, 1.82) is 5.26 Å². The van der Waals surface area contributed by atoms with Crippen LogP contribution in [0.2, 0.25) is 0 Å². The molecule has 1 atom stereocenters. The van der Waals surface area contributed by atoms with E-state index in [-0.39, 0.29) is 35.2 Å². The van der Waals surface area contributed by atoms with Crippen molar-refractivity contribution in [2.75, 3.05) is 19.6 Å². The predicted octanol–water partition coefficient (Wildman–Crippen LogP) is 2.32. The van der Waals surface area contributed by atoms with Crippen LogP contribution in [0.5, 0.6) is 0 Å². The van der Waals surface area contributed by atoms with E-state index < -0.39 is 15.6 Å². The van der Waals surface area contributed by atoms with Crippen molar-refractivity contribution in [1.82, 2.24) is 14.6 Å². The maximum atomic E-state index is 12.9. The number of amides is 1. The number of hydrogen-bond donors (Lipinski definition) is 2. The average Bonchev–Trinajstić information content (AvgIpc) is 2.78. The Balaban J connectivity index is 1.58. The summed E-state index contributed by atoms with van der Waals surface area (Å²) in [7, 11) is -3.59. The van der Waals surface area contributed by atoms with Gasteiger partial charge in [0.2, 0.25) is 15.9 Å². The van der Waals surface area contributed by atoms with Gasteiger partial charge in [-0.3, -0.25) is 9.59 Å². The van der Waals surface area contributed by atoms with Gasteiger partial charge in [-0.2, -0.15) is 5.26 Å². The first-order chi connectivity index (χ1) is 15.6. The molecule has 0 spiro atoms. The Morgan fingerprint density at radius 1 is 1.24 bits per heavy atom. The van der Waals surface area contributed by atoms with Crippen molar-refractivity contribution in [3.63, 3.8) is 0 Å². The third kappa shape index (κ3) is 5.89. The van der Waals surface area contributed by atoms with Crippen LogP contribution < -0.4 is 10.3 Å². The molecule has 1 saturated heterocycles. The molecule has 8 nitrogen and oxygen atoms in total. The van der Waals surface area contributed by atoms with Gasteiger partial charge in [0, 0.05) is 31.7 Å². The van der Waals surface area contributed by atoms with E-state index in [1.54, 1.807) is 43.0 Å². The molecule has 2 N–H and O–H groups in total. The minimum Gasteiger partial charge on any atom is -0.342 e. The minimum absolute atomic E-state index is 0.00963. The Morgan fingerprint density at radius 2 is 1.94 bits per heavy atom. The van der Waals surface area contributed by atoms with Gasteiger partial charge < -0.3 is 9.88 Å². The number of carbonyl (C=O) groups excluding carboxylic acids is 1. The number of aryl methyl sites for hydroxylation is 2. The van der Waals surface area contributed by atoms with E-state index in [1.807, 2.05) is 13.0 Å². The predicted molar refractivity (Wildman–Crippen MR) is 125 cm³/mol. The van der Waals surface area contributed by atoms with E-state index in [0.29, 0.717) is 30.8 Å². The first-order valence-corrected chi connectivity index (χ1v) is 12.6. The summed E-state index contributed by atoms with van der Waals surface area (Å²) >= 11 is 0. The van der Waals surface area contributed by atoms with Crippen molar-refractivity contribution in [3.8, 4) is 6.07 Å². The third-order valence-corrected chi connectivity index (χ3v) is 7.71. The fraction of sp³-hybridized carbons (Fsp3) is 0.458. The number of aromatic nitrogens is 1. The number of likely N-dealkylation sites (tertiary alicyclic amines) is 1. The minimum atomic E-state index is -3.59. The van der Waals surface area contributed by atoms with E-state index in [2.05, 4.69) is 9.71 Å². The molecule has 1 fully saturated rings. The first kappa shape index (κ1) is 24.7. The van der Waals surface area contributed by atoms with Crippen LogP contribution in [0.4, 0.5) is 0 Å². The van der Waals surface area contributed by atoms with Crippen LogP contribution in [0, 0.1) is 38.0 Å². The summed E-state index contributed by atoms with van der Waals surface area (Å²) in [6, 6.07) is 8.64. The molecular weight excluding hydrogens is 440 g/mol. The van der Waals surface area contributed by atoms with Crippen LogP contribution in [-0.4, -0.2) is 43.8 Å². The Bertz CT molecular complexity index is 1230. The molecule has 1 aromatic carbocycles. The molecule has 0 aliphatic carbocycles. The molecule has 176 valence electrons. The molecule has 1 aliphatic rings. The fourth-order valence-electron chi connectivity index (χ4n) is 4.30. The largest absolute Gasteiger partial charge is 0.342 e. The van der Waals surface area contributed by atoms with Crippen molar-refractivity contribution < 1.29 is 13.2 Å². The maximum absolute atomic E-state index is 12.9. The number of benzene rings is 1. The molecule has 3 rings (SSSR count). The van der Waals surface area contributed by atoms with E-state index in [4.69, 9.17) is 0 Å². The van der Waals surface area contributed by atoms with Gasteiger partial charge in [0.05, 0.1) is 4.90 Å². The number of carbonyl (C=O) groups is 1. The number of H-pyrrole nitrogens is 1. The van der Waals surface area contributed by atoms with E-state index >= 15 is 0 Å². The molecular formula is C24H30N4O4S. The van der Waals surface area contributed by atoms with Gasteiger partial charge in [0.25, 0.3) is 5.56 Å². The third-order valence-electron chi connectivity index (χ3n) is 6.27. The molecule has 0 saturated carbocycles. The van der Waals surface area contributed by atoms with Gasteiger partial charge >= 0.3 is 0 Å². The molecule has 1 aliphatic heterocycles. The first-order valence-electron chi connectivity index (χ1n) is 11.1. The van der Waals surface area contributed by atoms with Crippen LogP contribution in [0.15, 0.2) is 34.0 Å². The van der Waals surface area contributed by atoms with Crippen molar-refractivity contribution >= 4 is 15.9 Å². The molecule has 0 bridgehead atoms. The number of nitrogens with zero attached hydrogens (tertiary/aromatic N) is 2. The zero-order valence-corrected chi connectivity index (χ0v) is 20.1. The lowest BCUT2D eigenvalue weighted by Crippen LogP contribution is -2.43. The average molecular weight is 471 g/mol. The molecule has 1 aromatic heterocycles. The monoisotopic (exact) mass is 470 g/mol. The van der Waals surface area contributed by atoms with Crippen molar-refractivity contribution in [2.24, 2.45) is 5.92 Å². The smallest absolute Gasteiger partial charge is 0.266 e. The molecule has 2 heterocycles. The van der Waals surface area contributed by atoms with Gasteiger partial charge in [0.15, 0.2) is 0 Å². The molecule has 1 unspecified atom stereocenters. The van der Waals surface area contributed by atoms with E-state index in [9.17, 15) is 23.3 Å². The molecule has 2 aromatic rings. The Hall–Kier alpha value is -2.96. The van der Waals surface area contributed by atoms with Crippen LogP contribution in [-0.2, 0) is 21.2 Å². The van der Waals surface area contributed by atoms with Crippen LogP contribution in [0.3, 0.4) is 0 Å². The van der Waals surface area contributed by atoms with Gasteiger partial charge in [-0.15, -0.1) is 0 Å².